The van der Waals surface area contributed by atoms with Crippen molar-refractivity contribution in [1.82, 2.24) is 4.90 Å². The predicted molar refractivity (Wildman–Crippen MR) is 117 cm³/mol. The molecule has 2 aromatic carbocycles. The van der Waals surface area contributed by atoms with Crippen LogP contribution in [0, 0.1) is 0 Å². The second kappa shape index (κ2) is 8.02. The van der Waals surface area contributed by atoms with E-state index in [-0.39, 0.29) is 23.2 Å². The fourth-order valence-corrected chi connectivity index (χ4v) is 4.65. The summed E-state index contributed by atoms with van der Waals surface area (Å²) in [6.45, 7) is 3.51. The third kappa shape index (κ3) is 3.50. The lowest BCUT2D eigenvalue weighted by Gasteiger charge is -2.27. The zero-order valence-electron chi connectivity index (χ0n) is 17.1. The number of amides is 1. The first-order chi connectivity index (χ1) is 15.1. The molecule has 0 radical (unpaired) electrons. The molecule has 1 saturated heterocycles. The molecule has 2 unspecified atom stereocenters. The second-order valence-electron chi connectivity index (χ2n) is 7.82. The summed E-state index contributed by atoms with van der Waals surface area (Å²) in [7, 11) is 0. The van der Waals surface area contributed by atoms with Crippen LogP contribution in [-0.2, 0) is 4.74 Å². The Balaban J connectivity index is 1.69. The van der Waals surface area contributed by atoms with Crippen LogP contribution in [0.2, 0.25) is 5.02 Å². The molecule has 1 aromatic heterocycles. The van der Waals surface area contributed by atoms with Gasteiger partial charge in [-0.2, -0.15) is 0 Å². The van der Waals surface area contributed by atoms with E-state index >= 15 is 0 Å². The van der Waals surface area contributed by atoms with Crippen LogP contribution in [0.4, 0.5) is 0 Å². The van der Waals surface area contributed by atoms with Crippen LogP contribution in [0.15, 0.2) is 51.7 Å². The average Bonchev–Trinajstić information content (AvgIpc) is 3.37. The summed E-state index contributed by atoms with van der Waals surface area (Å²) >= 11 is 6.13. The maximum absolute atomic E-state index is 13.5. The monoisotopic (exact) mass is 439 g/mol. The van der Waals surface area contributed by atoms with E-state index in [0.717, 1.165) is 18.4 Å². The van der Waals surface area contributed by atoms with Gasteiger partial charge in [0.25, 0.3) is 5.91 Å². The largest absolute Gasteiger partial charge is 0.494 e. The van der Waals surface area contributed by atoms with E-state index in [1.807, 2.05) is 31.2 Å². The Morgan fingerprint density at radius 1 is 1.19 bits per heavy atom. The zero-order chi connectivity index (χ0) is 21.5. The molecular formula is C24H22ClNO5. The van der Waals surface area contributed by atoms with Crippen molar-refractivity contribution in [2.45, 2.75) is 31.9 Å². The number of fused-ring (bicyclic) bond motifs is 2. The van der Waals surface area contributed by atoms with Gasteiger partial charge in [-0.1, -0.05) is 23.7 Å². The molecular weight excluding hydrogens is 418 g/mol. The highest BCUT2D eigenvalue weighted by atomic mass is 35.5. The van der Waals surface area contributed by atoms with Gasteiger partial charge >= 0.3 is 0 Å². The Kier molecular flexibility index (Phi) is 5.20. The van der Waals surface area contributed by atoms with Gasteiger partial charge in [0, 0.05) is 18.2 Å². The first kappa shape index (κ1) is 20.1. The van der Waals surface area contributed by atoms with Crippen molar-refractivity contribution >= 4 is 28.5 Å². The van der Waals surface area contributed by atoms with Crippen molar-refractivity contribution in [3.63, 3.8) is 0 Å². The fraction of sp³-hybridized carbons (Fsp3) is 0.333. The number of benzene rings is 2. The fourth-order valence-electron chi connectivity index (χ4n) is 4.48. The average molecular weight is 440 g/mol. The summed E-state index contributed by atoms with van der Waals surface area (Å²) in [6, 6.07) is 11.8. The van der Waals surface area contributed by atoms with Gasteiger partial charge in [-0.3, -0.25) is 9.59 Å². The third-order valence-electron chi connectivity index (χ3n) is 5.84. The maximum Gasteiger partial charge on any atom is 0.291 e. The molecule has 160 valence electrons. The number of halogens is 1. The molecule has 6 nitrogen and oxygen atoms in total. The molecule has 1 fully saturated rings. The third-order valence-corrected chi connectivity index (χ3v) is 6.07. The van der Waals surface area contributed by atoms with E-state index in [1.54, 1.807) is 23.1 Å². The first-order valence-corrected chi connectivity index (χ1v) is 10.9. The van der Waals surface area contributed by atoms with E-state index in [4.69, 9.17) is 25.5 Å². The van der Waals surface area contributed by atoms with Crippen LogP contribution in [0.25, 0.3) is 11.0 Å². The molecule has 2 aliphatic heterocycles. The summed E-state index contributed by atoms with van der Waals surface area (Å²) in [6.07, 6.45) is 1.78. The summed E-state index contributed by atoms with van der Waals surface area (Å²) in [5.41, 5.74) is 1.24. The van der Waals surface area contributed by atoms with Crippen LogP contribution in [0.5, 0.6) is 5.75 Å². The Morgan fingerprint density at radius 3 is 2.84 bits per heavy atom. The van der Waals surface area contributed by atoms with Gasteiger partial charge in [-0.15, -0.1) is 0 Å². The predicted octanol–water partition coefficient (Wildman–Crippen LogP) is 4.57. The normalized spacial score (nSPS) is 20.5. The molecule has 0 aliphatic carbocycles. The van der Waals surface area contributed by atoms with E-state index in [0.29, 0.717) is 47.1 Å². The number of carbonyl (C=O) groups excluding carboxylic acids is 1. The van der Waals surface area contributed by atoms with E-state index in [1.165, 1.54) is 0 Å². The highest BCUT2D eigenvalue weighted by Crippen LogP contribution is 2.40. The number of carbonyl (C=O) groups is 1. The molecule has 2 aliphatic rings. The van der Waals surface area contributed by atoms with Gasteiger partial charge in [-0.25, -0.2) is 0 Å². The van der Waals surface area contributed by atoms with E-state index in [9.17, 15) is 9.59 Å². The van der Waals surface area contributed by atoms with Crippen LogP contribution in [-0.4, -0.2) is 36.7 Å². The molecule has 0 bridgehead atoms. The highest BCUT2D eigenvalue weighted by molar-refractivity contribution is 6.31. The van der Waals surface area contributed by atoms with Crippen molar-refractivity contribution in [2.24, 2.45) is 0 Å². The summed E-state index contributed by atoms with van der Waals surface area (Å²) in [5, 5.41) is 0.805. The number of ether oxygens (including phenoxy) is 2. The Morgan fingerprint density at radius 2 is 2.06 bits per heavy atom. The van der Waals surface area contributed by atoms with Gasteiger partial charge in [0.2, 0.25) is 5.76 Å². The van der Waals surface area contributed by atoms with Gasteiger partial charge in [0.15, 0.2) is 5.43 Å². The standard InChI is InChI=1S/C24H22ClNO5/c1-2-29-16-6-3-5-14(11-16)21-20-22(27)18-12-15(25)8-9-19(18)31-23(20)24(28)26(21)13-17-7-4-10-30-17/h3,5-6,8-9,11-12,17,21H,2,4,7,10,13H2,1H3. The highest BCUT2D eigenvalue weighted by Gasteiger charge is 2.44. The zero-order valence-corrected chi connectivity index (χ0v) is 17.9. The molecule has 0 spiro atoms. The number of hydrogen-bond acceptors (Lipinski definition) is 5. The van der Waals surface area contributed by atoms with Crippen LogP contribution < -0.4 is 10.2 Å². The lowest BCUT2D eigenvalue weighted by atomic mass is 9.98. The first-order valence-electron chi connectivity index (χ1n) is 10.5. The lowest BCUT2D eigenvalue weighted by molar-refractivity contribution is 0.0486. The smallest absolute Gasteiger partial charge is 0.291 e. The molecule has 3 aromatic rings. The lowest BCUT2D eigenvalue weighted by Crippen LogP contribution is -2.36. The summed E-state index contributed by atoms with van der Waals surface area (Å²) < 4.78 is 17.4. The minimum absolute atomic E-state index is 0.0604. The van der Waals surface area contributed by atoms with E-state index in [2.05, 4.69) is 0 Å². The Bertz CT molecular complexity index is 1210. The molecule has 1 amide bonds. The minimum Gasteiger partial charge on any atom is -0.494 e. The molecule has 2 atom stereocenters. The van der Waals surface area contributed by atoms with Gasteiger partial charge in [-0.05, 0) is 55.7 Å². The molecule has 0 saturated carbocycles. The topological polar surface area (TPSA) is 69.0 Å². The molecule has 7 heteroatoms. The second-order valence-corrected chi connectivity index (χ2v) is 8.25. The number of rotatable bonds is 5. The van der Waals surface area contributed by atoms with Crippen LogP contribution in [0.1, 0.15) is 47.5 Å². The molecule has 5 rings (SSSR count). The number of nitrogens with zero attached hydrogens (tertiary/aromatic N) is 1. The van der Waals surface area contributed by atoms with Crippen molar-refractivity contribution < 1.29 is 18.7 Å². The maximum atomic E-state index is 13.5. The SMILES string of the molecule is CCOc1cccc(C2c3c(oc4ccc(Cl)cc4c3=O)C(=O)N2CC2CCCO2)c1. The summed E-state index contributed by atoms with van der Waals surface area (Å²) in [4.78, 5) is 28.6. The Labute approximate surface area is 184 Å². The Hall–Kier alpha value is -2.83. The van der Waals surface area contributed by atoms with Gasteiger partial charge in [0.05, 0.1) is 29.7 Å². The van der Waals surface area contributed by atoms with Crippen LogP contribution >= 0.6 is 11.6 Å². The van der Waals surface area contributed by atoms with Crippen molar-refractivity contribution in [3.05, 3.63) is 74.6 Å². The molecule has 31 heavy (non-hydrogen) atoms. The van der Waals surface area contributed by atoms with E-state index < -0.39 is 6.04 Å². The van der Waals surface area contributed by atoms with Crippen molar-refractivity contribution in [3.8, 4) is 5.75 Å². The van der Waals surface area contributed by atoms with Crippen LogP contribution in [0.3, 0.4) is 0 Å². The van der Waals surface area contributed by atoms with Crippen molar-refractivity contribution in [2.75, 3.05) is 19.8 Å². The molecule has 0 N–H and O–H groups in total. The minimum atomic E-state index is -0.577. The quantitative estimate of drug-likeness (QED) is 0.582. The van der Waals surface area contributed by atoms with Gasteiger partial charge in [0.1, 0.15) is 11.3 Å². The number of hydrogen-bond donors (Lipinski definition) is 0. The van der Waals surface area contributed by atoms with Gasteiger partial charge < -0.3 is 18.8 Å². The van der Waals surface area contributed by atoms with Crippen molar-refractivity contribution in [1.29, 1.82) is 0 Å². The summed E-state index contributed by atoms with van der Waals surface area (Å²) in [5.74, 6) is 0.474. The molecule has 3 heterocycles.